The number of nitrogens with one attached hydrogen (secondary N) is 1. The Morgan fingerprint density at radius 1 is 1.15 bits per heavy atom. The third-order valence-electron chi connectivity index (χ3n) is 4.12. The number of rotatable bonds is 5. The second-order valence-corrected chi connectivity index (χ2v) is 5.75. The zero-order valence-electron chi connectivity index (χ0n) is 14.1. The highest BCUT2D eigenvalue weighted by atomic mass is 16.2. The summed E-state index contributed by atoms with van der Waals surface area (Å²) in [6.45, 7) is 4.26. The summed E-state index contributed by atoms with van der Waals surface area (Å²) in [5, 5.41) is 12.3. The van der Waals surface area contributed by atoms with E-state index < -0.39 is 5.91 Å². The van der Waals surface area contributed by atoms with Crippen molar-refractivity contribution in [3.63, 3.8) is 0 Å². The summed E-state index contributed by atoms with van der Waals surface area (Å²) in [4.78, 5) is 26.9. The molecule has 2 aromatic carbocycles. The minimum Gasteiger partial charge on any atom is -0.347 e. The molecule has 5 nitrogen and oxygen atoms in total. The van der Waals surface area contributed by atoms with Gasteiger partial charge in [-0.3, -0.25) is 9.59 Å². The molecule has 1 heterocycles. The Labute approximate surface area is 151 Å². The molecule has 0 spiro atoms. The number of benzene rings is 2. The van der Waals surface area contributed by atoms with Crippen molar-refractivity contribution < 1.29 is 9.59 Å². The summed E-state index contributed by atoms with van der Waals surface area (Å²) in [6, 6.07) is 18.4. The molecule has 0 saturated heterocycles. The Morgan fingerprint density at radius 3 is 2.54 bits per heavy atom. The molecule has 0 radical (unpaired) electrons. The standard InChI is InChI=1S/C21H17N3O2/c1-2-12-24-18-11-7-6-10-16(18)19(21(24)26)17(13-22)20(25)23-14-15-8-4-3-5-9-15/h2-11H,1,12,14H2,(H,23,25)/b19-17+. The number of carbonyl (C=O) groups is 2. The molecule has 1 aliphatic rings. The van der Waals surface area contributed by atoms with Crippen LogP contribution in [0.25, 0.3) is 5.57 Å². The molecule has 0 bridgehead atoms. The summed E-state index contributed by atoms with van der Waals surface area (Å²) in [7, 11) is 0. The Bertz CT molecular complexity index is 939. The number of anilines is 1. The van der Waals surface area contributed by atoms with Gasteiger partial charge in [0.25, 0.3) is 11.8 Å². The lowest BCUT2D eigenvalue weighted by atomic mass is 10.0. The lowest BCUT2D eigenvalue weighted by Gasteiger charge is -2.14. The van der Waals surface area contributed by atoms with Gasteiger partial charge in [0.1, 0.15) is 11.6 Å². The molecule has 0 aromatic heterocycles. The molecular formula is C21H17N3O2. The van der Waals surface area contributed by atoms with Crippen molar-refractivity contribution in [3.8, 4) is 6.07 Å². The Morgan fingerprint density at radius 2 is 1.85 bits per heavy atom. The molecular weight excluding hydrogens is 326 g/mol. The first-order chi connectivity index (χ1) is 12.7. The van der Waals surface area contributed by atoms with E-state index in [9.17, 15) is 14.9 Å². The lowest BCUT2D eigenvalue weighted by molar-refractivity contribution is -0.118. The van der Waals surface area contributed by atoms with Gasteiger partial charge in [0.15, 0.2) is 0 Å². The predicted molar refractivity (Wildman–Crippen MR) is 99.8 cm³/mol. The quantitative estimate of drug-likeness (QED) is 0.515. The monoisotopic (exact) mass is 343 g/mol. The molecule has 0 fully saturated rings. The number of carbonyl (C=O) groups excluding carboxylic acids is 2. The molecule has 2 amide bonds. The minimum atomic E-state index is -0.560. The van der Waals surface area contributed by atoms with Crippen LogP contribution >= 0.6 is 0 Å². The van der Waals surface area contributed by atoms with Gasteiger partial charge in [-0.05, 0) is 11.6 Å². The molecule has 2 aromatic rings. The van der Waals surface area contributed by atoms with Gasteiger partial charge in [-0.25, -0.2) is 0 Å². The van der Waals surface area contributed by atoms with E-state index in [1.54, 1.807) is 24.3 Å². The largest absolute Gasteiger partial charge is 0.347 e. The molecule has 0 atom stereocenters. The zero-order valence-corrected chi connectivity index (χ0v) is 14.1. The van der Waals surface area contributed by atoms with E-state index in [0.717, 1.165) is 5.56 Å². The van der Waals surface area contributed by atoms with Crippen LogP contribution in [0.1, 0.15) is 11.1 Å². The van der Waals surface area contributed by atoms with Crippen molar-refractivity contribution in [2.45, 2.75) is 6.54 Å². The first-order valence-electron chi connectivity index (χ1n) is 8.16. The first kappa shape index (κ1) is 17.2. The second-order valence-electron chi connectivity index (χ2n) is 5.75. The van der Waals surface area contributed by atoms with Crippen LogP contribution in [-0.2, 0) is 16.1 Å². The first-order valence-corrected chi connectivity index (χ1v) is 8.16. The van der Waals surface area contributed by atoms with E-state index in [-0.39, 0.29) is 23.6 Å². The molecule has 3 rings (SSSR count). The summed E-state index contributed by atoms with van der Waals surface area (Å²) >= 11 is 0. The van der Waals surface area contributed by atoms with E-state index in [2.05, 4.69) is 11.9 Å². The normalized spacial score (nSPS) is 14.4. The van der Waals surface area contributed by atoms with Crippen LogP contribution in [0.15, 0.2) is 72.8 Å². The maximum atomic E-state index is 12.8. The Balaban J connectivity index is 1.95. The van der Waals surface area contributed by atoms with Crippen LogP contribution in [0.2, 0.25) is 0 Å². The third kappa shape index (κ3) is 3.13. The highest BCUT2D eigenvalue weighted by molar-refractivity contribution is 6.37. The van der Waals surface area contributed by atoms with E-state index in [1.165, 1.54) is 4.90 Å². The van der Waals surface area contributed by atoms with Crippen LogP contribution in [0.5, 0.6) is 0 Å². The van der Waals surface area contributed by atoms with Crippen molar-refractivity contribution in [1.29, 1.82) is 5.26 Å². The fourth-order valence-electron chi connectivity index (χ4n) is 2.92. The Hall–Kier alpha value is -3.65. The van der Waals surface area contributed by atoms with E-state index in [1.807, 2.05) is 42.5 Å². The summed E-state index contributed by atoms with van der Waals surface area (Å²) in [5.41, 5.74) is 2.14. The maximum absolute atomic E-state index is 12.8. The highest BCUT2D eigenvalue weighted by Gasteiger charge is 2.35. The highest BCUT2D eigenvalue weighted by Crippen LogP contribution is 2.38. The number of nitriles is 1. The zero-order chi connectivity index (χ0) is 18.5. The van der Waals surface area contributed by atoms with Crippen LogP contribution in [0, 0.1) is 11.3 Å². The Kier molecular flexibility index (Phi) is 4.95. The van der Waals surface area contributed by atoms with Crippen molar-refractivity contribution >= 4 is 23.1 Å². The van der Waals surface area contributed by atoms with Gasteiger partial charge in [-0.2, -0.15) is 5.26 Å². The minimum absolute atomic E-state index is 0.135. The number of amides is 2. The molecule has 0 aliphatic carbocycles. The van der Waals surface area contributed by atoms with Gasteiger partial charge in [-0.15, -0.1) is 6.58 Å². The van der Waals surface area contributed by atoms with Crippen molar-refractivity contribution in [1.82, 2.24) is 5.32 Å². The predicted octanol–water partition coefficient (Wildman–Crippen LogP) is 2.81. The molecule has 0 saturated carbocycles. The van der Waals surface area contributed by atoms with Crippen molar-refractivity contribution in [2.75, 3.05) is 11.4 Å². The van der Waals surface area contributed by atoms with Gasteiger partial charge in [-0.1, -0.05) is 54.6 Å². The lowest BCUT2D eigenvalue weighted by Crippen LogP contribution is -2.29. The van der Waals surface area contributed by atoms with E-state index in [0.29, 0.717) is 17.8 Å². The van der Waals surface area contributed by atoms with Gasteiger partial charge in [0.2, 0.25) is 0 Å². The number of nitrogens with zero attached hydrogens (tertiary/aromatic N) is 2. The van der Waals surface area contributed by atoms with Gasteiger partial charge in [0, 0.05) is 18.7 Å². The molecule has 5 heteroatoms. The average molecular weight is 343 g/mol. The molecule has 1 N–H and O–H groups in total. The van der Waals surface area contributed by atoms with Gasteiger partial charge >= 0.3 is 0 Å². The summed E-state index contributed by atoms with van der Waals surface area (Å²) < 4.78 is 0. The number of fused-ring (bicyclic) bond motifs is 1. The smallest absolute Gasteiger partial charge is 0.263 e. The fourth-order valence-corrected chi connectivity index (χ4v) is 2.92. The van der Waals surface area contributed by atoms with E-state index in [4.69, 9.17) is 0 Å². The fraction of sp³-hybridized carbons (Fsp3) is 0.0952. The van der Waals surface area contributed by atoms with Gasteiger partial charge in [0.05, 0.1) is 11.3 Å². The van der Waals surface area contributed by atoms with Crippen molar-refractivity contribution in [3.05, 3.63) is 84.0 Å². The SMILES string of the molecule is C=CCN1C(=O)/C(=C(\C#N)C(=O)NCc2ccccc2)c2ccccc21. The van der Waals surface area contributed by atoms with Crippen LogP contribution in [0.3, 0.4) is 0 Å². The number of hydrogen-bond acceptors (Lipinski definition) is 3. The molecule has 26 heavy (non-hydrogen) atoms. The third-order valence-corrected chi connectivity index (χ3v) is 4.12. The van der Waals surface area contributed by atoms with Crippen LogP contribution in [0.4, 0.5) is 5.69 Å². The number of para-hydroxylation sites is 1. The van der Waals surface area contributed by atoms with Crippen LogP contribution < -0.4 is 10.2 Å². The van der Waals surface area contributed by atoms with Crippen molar-refractivity contribution in [2.24, 2.45) is 0 Å². The van der Waals surface area contributed by atoms with Gasteiger partial charge < -0.3 is 10.2 Å². The van der Waals surface area contributed by atoms with Crippen LogP contribution in [-0.4, -0.2) is 18.4 Å². The second kappa shape index (κ2) is 7.49. The molecule has 128 valence electrons. The molecule has 1 aliphatic heterocycles. The number of hydrogen-bond donors (Lipinski definition) is 1. The topological polar surface area (TPSA) is 73.2 Å². The summed E-state index contributed by atoms with van der Waals surface area (Å²) in [5.74, 6) is -0.924. The average Bonchev–Trinajstić information content (AvgIpc) is 2.95. The van der Waals surface area contributed by atoms with E-state index >= 15 is 0 Å². The molecule has 0 unspecified atom stereocenters. The summed E-state index contributed by atoms with van der Waals surface area (Å²) in [6.07, 6.45) is 1.61. The maximum Gasteiger partial charge on any atom is 0.263 e.